The largest absolute Gasteiger partial charge is 0.472 e. The summed E-state index contributed by atoms with van der Waals surface area (Å²) < 4.78 is 83.3. The van der Waals surface area contributed by atoms with E-state index in [1.165, 1.54) is 4.90 Å². The summed E-state index contributed by atoms with van der Waals surface area (Å²) >= 11 is 0. The van der Waals surface area contributed by atoms with Crippen molar-refractivity contribution in [3.8, 4) is 5.88 Å². The van der Waals surface area contributed by atoms with Crippen LogP contribution in [0, 0.1) is 5.92 Å². The van der Waals surface area contributed by atoms with E-state index in [1.807, 2.05) is 6.08 Å². The fourth-order valence-electron chi connectivity index (χ4n) is 8.19. The molecule has 2 aliphatic heterocycles. The van der Waals surface area contributed by atoms with Gasteiger partial charge >= 0.3 is 12.3 Å². The van der Waals surface area contributed by atoms with Gasteiger partial charge in [0.15, 0.2) is 11.3 Å². The number of alkyl carbamates (subject to hydrolysis) is 1. The van der Waals surface area contributed by atoms with E-state index in [2.05, 4.69) is 25.4 Å². The predicted molar refractivity (Wildman–Crippen MR) is 197 cm³/mol. The SMILES string of the molecule is O=C(N[C@H]1CCCCC/C=C\[C@@H]2C[C@@]2(C(=O)NS(=O)(=O)C2CC2)NC(=O)[C@@H]2C[C@@H](Oc3cc(C(F)(F)F)nc4c5ccccc5nn34)CN2C1=O)OC1CCCC1. The summed E-state index contributed by atoms with van der Waals surface area (Å²) in [6.45, 7) is -0.280. The van der Waals surface area contributed by atoms with Crippen LogP contribution in [0.15, 0.2) is 42.5 Å². The lowest BCUT2D eigenvalue weighted by atomic mass is 10.0. The lowest BCUT2D eigenvalue weighted by Gasteiger charge is -2.30. The Bertz CT molecular complexity index is 2220. The minimum absolute atomic E-state index is 0.107. The highest BCUT2D eigenvalue weighted by Gasteiger charge is 2.62. The van der Waals surface area contributed by atoms with Gasteiger partial charge in [-0.3, -0.25) is 19.1 Å². The van der Waals surface area contributed by atoms with Crippen LogP contribution in [-0.2, 0) is 35.3 Å². The van der Waals surface area contributed by atoms with E-state index in [-0.39, 0.29) is 43.4 Å². The summed E-state index contributed by atoms with van der Waals surface area (Å²) in [6.07, 6.45) is 3.46. The summed E-state index contributed by atoms with van der Waals surface area (Å²) in [5.41, 5.74) is -2.60. The number of hydrogen-bond donors (Lipinski definition) is 3. The first-order valence-electron chi connectivity index (χ1n) is 19.6. The number of fused-ring (bicyclic) bond motifs is 5. The average molecular weight is 816 g/mol. The van der Waals surface area contributed by atoms with Crippen molar-refractivity contribution in [3.63, 3.8) is 0 Å². The van der Waals surface area contributed by atoms with E-state index in [9.17, 15) is 40.8 Å². The van der Waals surface area contributed by atoms with Crippen LogP contribution in [0.5, 0.6) is 5.88 Å². The Balaban J connectivity index is 1.12. The molecule has 3 aromatic rings. The molecule has 57 heavy (non-hydrogen) atoms. The van der Waals surface area contributed by atoms with Gasteiger partial charge in [-0.25, -0.2) is 18.2 Å². The van der Waals surface area contributed by atoms with Crippen molar-refractivity contribution < 1.29 is 50.2 Å². The van der Waals surface area contributed by atoms with E-state index in [0.29, 0.717) is 61.9 Å². The molecule has 4 amide bonds. The number of rotatable bonds is 7. The lowest BCUT2D eigenvalue weighted by molar-refractivity contribution is -0.141. The number of alkyl halides is 3. The number of nitrogens with one attached hydrogen (secondary N) is 3. The molecule has 15 nitrogen and oxygen atoms in total. The van der Waals surface area contributed by atoms with Gasteiger partial charge in [-0.05, 0) is 76.3 Å². The fraction of sp³-hybridized carbons (Fsp3) is 0.579. The molecule has 8 rings (SSSR count). The molecule has 0 unspecified atom stereocenters. The number of nitrogens with zero attached hydrogens (tertiary/aromatic N) is 4. The van der Waals surface area contributed by atoms with E-state index in [0.717, 1.165) is 23.8 Å². The van der Waals surface area contributed by atoms with Crippen molar-refractivity contribution in [2.24, 2.45) is 5.92 Å². The van der Waals surface area contributed by atoms with Crippen LogP contribution in [0.4, 0.5) is 18.0 Å². The summed E-state index contributed by atoms with van der Waals surface area (Å²) in [6, 6.07) is 4.77. The number of sulfonamides is 1. The van der Waals surface area contributed by atoms with Crippen LogP contribution in [0.25, 0.3) is 16.6 Å². The Hall–Kier alpha value is -4.94. The van der Waals surface area contributed by atoms with Gasteiger partial charge in [0.2, 0.25) is 27.7 Å². The van der Waals surface area contributed by atoms with Crippen LogP contribution in [0.1, 0.15) is 89.2 Å². The van der Waals surface area contributed by atoms with Gasteiger partial charge in [0.1, 0.15) is 29.8 Å². The quantitative estimate of drug-likeness (QED) is 0.290. The Kier molecular flexibility index (Phi) is 10.3. The lowest BCUT2D eigenvalue weighted by Crippen LogP contribution is -2.58. The summed E-state index contributed by atoms with van der Waals surface area (Å²) in [4.78, 5) is 60.8. The van der Waals surface area contributed by atoms with Gasteiger partial charge in [0.25, 0.3) is 5.91 Å². The smallest absolute Gasteiger partial charge is 0.433 e. The molecule has 3 saturated carbocycles. The van der Waals surface area contributed by atoms with Gasteiger partial charge in [-0.15, -0.1) is 0 Å². The minimum atomic E-state index is -4.85. The highest BCUT2D eigenvalue weighted by molar-refractivity contribution is 7.91. The Morgan fingerprint density at radius 3 is 2.49 bits per heavy atom. The van der Waals surface area contributed by atoms with E-state index in [4.69, 9.17) is 9.47 Å². The van der Waals surface area contributed by atoms with E-state index < -0.39 is 80.6 Å². The molecule has 306 valence electrons. The Morgan fingerprint density at radius 1 is 0.982 bits per heavy atom. The second kappa shape index (κ2) is 15.1. The van der Waals surface area contributed by atoms with Crippen molar-refractivity contribution in [2.75, 3.05) is 6.54 Å². The first kappa shape index (κ1) is 38.9. The number of allylic oxidation sites excluding steroid dienone is 1. The molecule has 0 radical (unpaired) electrons. The molecule has 0 bridgehead atoms. The van der Waals surface area contributed by atoms with Crippen LogP contribution in [0.2, 0.25) is 0 Å². The van der Waals surface area contributed by atoms with Crippen LogP contribution in [-0.4, -0.2) is 93.4 Å². The molecule has 4 heterocycles. The second-order valence-electron chi connectivity index (χ2n) is 15.7. The van der Waals surface area contributed by atoms with Crippen LogP contribution in [0.3, 0.4) is 0 Å². The standard InChI is InChI=1S/C38H44F3N7O8S/c39-38(40,41)30-19-31(48-32(43-30)26-13-8-9-14-27(26)45-48)55-24-18-29-33(49)44-37(35(51)46-57(53,54)25-16-17-25)20-22(37)10-4-2-1-3-5-15-28(34(50)47(29)21-24)42-36(52)56-23-11-6-7-12-23/h4,8-10,13-14,19,22-25,28-29H,1-3,5-7,11-12,15-18,20-21H2,(H,42,52)(H,44,49)(H,46,51)/b10-4-/t22-,24-,28+,29+,37-/m1/s1. The first-order chi connectivity index (χ1) is 27.2. The van der Waals surface area contributed by atoms with Gasteiger partial charge in [0.05, 0.1) is 17.3 Å². The zero-order valence-corrected chi connectivity index (χ0v) is 31.8. The zero-order chi connectivity index (χ0) is 40.1. The molecule has 2 aromatic heterocycles. The molecule has 3 N–H and O–H groups in total. The number of hydrogen-bond acceptors (Lipinski definition) is 10. The molecular weight excluding hydrogens is 772 g/mol. The number of benzene rings is 1. The summed E-state index contributed by atoms with van der Waals surface area (Å²) in [7, 11) is -3.97. The Morgan fingerprint density at radius 2 is 1.74 bits per heavy atom. The predicted octanol–water partition coefficient (Wildman–Crippen LogP) is 4.29. The topological polar surface area (TPSA) is 190 Å². The molecule has 5 aliphatic rings. The third kappa shape index (κ3) is 8.12. The number of halogens is 3. The van der Waals surface area contributed by atoms with Crippen LogP contribution >= 0.6 is 0 Å². The highest BCUT2D eigenvalue weighted by atomic mass is 32.2. The monoisotopic (exact) mass is 815 g/mol. The van der Waals surface area contributed by atoms with E-state index in [1.54, 1.807) is 30.3 Å². The number of carbonyl (C=O) groups excluding carboxylic acids is 4. The molecular formula is C38H44F3N7O8S. The zero-order valence-electron chi connectivity index (χ0n) is 31.0. The molecule has 1 aromatic carbocycles. The fourth-order valence-corrected chi connectivity index (χ4v) is 9.55. The van der Waals surface area contributed by atoms with Crippen molar-refractivity contribution in [1.82, 2.24) is 34.9 Å². The molecule has 1 saturated heterocycles. The normalized spacial score (nSPS) is 28.2. The highest BCUT2D eigenvalue weighted by Crippen LogP contribution is 2.46. The second-order valence-corrected chi connectivity index (χ2v) is 17.7. The number of amides is 4. The van der Waals surface area contributed by atoms with Gasteiger partial charge < -0.3 is 25.0 Å². The van der Waals surface area contributed by atoms with E-state index >= 15 is 0 Å². The molecule has 19 heteroatoms. The van der Waals surface area contributed by atoms with Gasteiger partial charge in [-0.1, -0.05) is 37.1 Å². The van der Waals surface area contributed by atoms with Crippen molar-refractivity contribution in [3.05, 3.63) is 48.2 Å². The Labute approximate surface area is 326 Å². The molecule has 3 aliphatic carbocycles. The number of aromatic nitrogens is 3. The van der Waals surface area contributed by atoms with Crippen molar-refractivity contribution >= 4 is 50.4 Å². The van der Waals surface area contributed by atoms with Gasteiger partial charge in [0, 0.05) is 23.8 Å². The summed E-state index contributed by atoms with van der Waals surface area (Å²) in [5, 5.41) is 9.55. The maximum atomic E-state index is 14.5. The third-order valence-electron chi connectivity index (χ3n) is 11.5. The minimum Gasteiger partial charge on any atom is -0.472 e. The van der Waals surface area contributed by atoms with Crippen LogP contribution < -0.4 is 20.1 Å². The maximum absolute atomic E-state index is 14.5. The van der Waals surface area contributed by atoms with Crippen molar-refractivity contribution in [2.45, 2.75) is 125 Å². The van der Waals surface area contributed by atoms with Gasteiger partial charge in [-0.2, -0.15) is 22.8 Å². The van der Waals surface area contributed by atoms with Crippen molar-refractivity contribution in [1.29, 1.82) is 0 Å². The molecule has 4 fully saturated rings. The summed E-state index contributed by atoms with van der Waals surface area (Å²) in [5.74, 6) is -3.16. The molecule has 0 spiro atoms. The number of carbonyl (C=O) groups is 4. The average Bonchev–Trinajstić information content (AvgIpc) is 3.97. The number of ether oxygens (including phenoxy) is 2. The maximum Gasteiger partial charge on any atom is 0.433 e. The molecule has 5 atom stereocenters. The first-order valence-corrected chi connectivity index (χ1v) is 21.1. The third-order valence-corrected chi connectivity index (χ3v) is 13.4.